The Balaban J connectivity index is 1.44. The molecule has 0 atom stereocenters. The Morgan fingerprint density at radius 1 is 0.806 bits per heavy atom. The highest BCUT2D eigenvalue weighted by molar-refractivity contribution is 6.31. The molecule has 6 heteroatoms. The number of rotatable bonds is 10. The molecule has 0 radical (unpaired) electrons. The first kappa shape index (κ1) is 25.7. The van der Waals surface area contributed by atoms with Crippen LogP contribution in [0.15, 0.2) is 85.5 Å². The third-order valence-electron chi connectivity index (χ3n) is 6.10. The second-order valence-electron chi connectivity index (χ2n) is 8.79. The van der Waals surface area contributed by atoms with E-state index in [1.54, 1.807) is 6.20 Å². The van der Waals surface area contributed by atoms with Crippen LogP contribution in [0, 0.1) is 0 Å². The van der Waals surface area contributed by atoms with Crippen molar-refractivity contribution in [1.29, 1.82) is 0 Å². The van der Waals surface area contributed by atoms with Crippen LogP contribution in [-0.4, -0.2) is 9.97 Å². The average molecular weight is 518 g/mol. The number of hydrogen-bond acceptors (Lipinski definition) is 4. The Morgan fingerprint density at radius 3 is 2.14 bits per heavy atom. The van der Waals surface area contributed by atoms with Gasteiger partial charge in [-0.15, -0.1) is 0 Å². The summed E-state index contributed by atoms with van der Waals surface area (Å²) in [6.45, 7) is 12.6. The summed E-state index contributed by atoms with van der Waals surface area (Å²) in [5.74, 6) is 0. The molecule has 0 saturated carbocycles. The lowest BCUT2D eigenvalue weighted by Gasteiger charge is -2.15. The van der Waals surface area contributed by atoms with Gasteiger partial charge in [-0.2, -0.15) is 0 Å². The van der Waals surface area contributed by atoms with Crippen molar-refractivity contribution in [3.05, 3.63) is 118 Å². The molecule has 2 heterocycles. The lowest BCUT2D eigenvalue weighted by atomic mass is 9.96. The van der Waals surface area contributed by atoms with Crippen LogP contribution in [0.4, 0.5) is 11.4 Å². The van der Waals surface area contributed by atoms with Crippen LogP contribution in [0.1, 0.15) is 42.7 Å². The molecule has 0 amide bonds. The van der Waals surface area contributed by atoms with Crippen molar-refractivity contribution in [2.75, 3.05) is 10.6 Å². The Morgan fingerprint density at radius 2 is 1.47 bits per heavy atom. The highest BCUT2D eigenvalue weighted by Crippen LogP contribution is 2.28. The van der Waals surface area contributed by atoms with Crippen molar-refractivity contribution in [3.63, 3.8) is 0 Å². The first-order valence-electron chi connectivity index (χ1n) is 12.0. The van der Waals surface area contributed by atoms with Crippen molar-refractivity contribution >= 4 is 45.5 Å². The van der Waals surface area contributed by atoms with Crippen LogP contribution >= 0.6 is 23.2 Å². The SMILES string of the molecule is C=C(CC(=C)Nc1cnc(Cc2ccnc3cc(CC)c(CC)cc23)c(Cl)c1)Nc1ccc(Cl)cc1. The summed E-state index contributed by atoms with van der Waals surface area (Å²) >= 11 is 12.6. The number of anilines is 2. The number of benzene rings is 2. The molecule has 2 N–H and O–H groups in total. The van der Waals surface area contributed by atoms with Gasteiger partial charge in [-0.1, -0.05) is 50.2 Å². The van der Waals surface area contributed by atoms with E-state index in [-0.39, 0.29) is 0 Å². The van der Waals surface area contributed by atoms with Crippen LogP contribution in [0.5, 0.6) is 0 Å². The lowest BCUT2D eigenvalue weighted by molar-refractivity contribution is 1.04. The fraction of sp³-hybridized carbons (Fsp3) is 0.200. The number of nitrogens with one attached hydrogen (secondary N) is 2. The first-order chi connectivity index (χ1) is 17.4. The summed E-state index contributed by atoms with van der Waals surface area (Å²) in [6.07, 6.45) is 6.83. The van der Waals surface area contributed by atoms with Crippen LogP contribution in [-0.2, 0) is 19.3 Å². The van der Waals surface area contributed by atoms with E-state index >= 15 is 0 Å². The molecule has 4 rings (SSSR count). The third kappa shape index (κ3) is 6.26. The zero-order valence-electron chi connectivity index (χ0n) is 20.7. The van der Waals surface area contributed by atoms with Gasteiger partial charge in [0.05, 0.1) is 28.1 Å². The fourth-order valence-corrected chi connectivity index (χ4v) is 4.64. The minimum absolute atomic E-state index is 0.546. The monoisotopic (exact) mass is 516 g/mol. The Kier molecular flexibility index (Phi) is 8.29. The number of pyridine rings is 2. The number of fused-ring (bicyclic) bond motifs is 1. The van der Waals surface area contributed by atoms with E-state index in [4.69, 9.17) is 23.2 Å². The molecule has 0 aliphatic heterocycles. The predicted octanol–water partition coefficient (Wildman–Crippen LogP) is 8.59. The zero-order valence-corrected chi connectivity index (χ0v) is 22.2. The van der Waals surface area contributed by atoms with Gasteiger partial charge in [-0.05, 0) is 78.1 Å². The van der Waals surface area contributed by atoms with Gasteiger partial charge in [-0.3, -0.25) is 9.97 Å². The Bertz CT molecular complexity index is 1410. The van der Waals surface area contributed by atoms with Crippen LogP contribution in [0.2, 0.25) is 10.0 Å². The van der Waals surface area contributed by atoms with Gasteiger partial charge < -0.3 is 10.6 Å². The molecular formula is C30H30Cl2N4. The van der Waals surface area contributed by atoms with Crippen LogP contribution < -0.4 is 10.6 Å². The zero-order chi connectivity index (χ0) is 25.7. The second-order valence-corrected chi connectivity index (χ2v) is 9.63. The standard InChI is InChI=1S/C30H30Cl2N4/c1-5-21-14-27-23(11-12-33-29(27)15-22(21)6-2)16-30-28(32)17-26(18-34-30)36-20(4)13-19(3)35-25-9-7-24(31)8-10-25/h7-12,14-15,17-18,35-36H,3-6,13,16H2,1-2H3. The Hall–Kier alpha value is -3.34. The maximum absolute atomic E-state index is 6.66. The van der Waals surface area contributed by atoms with E-state index in [2.05, 4.69) is 65.8 Å². The molecular weight excluding hydrogens is 487 g/mol. The summed E-state index contributed by atoms with van der Waals surface area (Å²) in [4.78, 5) is 9.26. The smallest absolute Gasteiger partial charge is 0.0707 e. The van der Waals surface area contributed by atoms with E-state index in [1.165, 1.54) is 16.7 Å². The molecule has 4 nitrogen and oxygen atoms in total. The lowest BCUT2D eigenvalue weighted by Crippen LogP contribution is -2.05. The van der Waals surface area contributed by atoms with Crippen molar-refractivity contribution in [2.24, 2.45) is 0 Å². The van der Waals surface area contributed by atoms with Gasteiger partial charge in [-0.25, -0.2) is 0 Å². The summed E-state index contributed by atoms with van der Waals surface area (Å²) < 4.78 is 0. The van der Waals surface area contributed by atoms with Crippen molar-refractivity contribution in [1.82, 2.24) is 9.97 Å². The van der Waals surface area contributed by atoms with Gasteiger partial charge in [0.25, 0.3) is 0 Å². The highest BCUT2D eigenvalue weighted by atomic mass is 35.5. The Labute approximate surface area is 223 Å². The number of aromatic nitrogens is 2. The van der Waals surface area contributed by atoms with Gasteiger partial charge in [0.1, 0.15) is 0 Å². The summed E-state index contributed by atoms with van der Waals surface area (Å²) in [7, 11) is 0. The second kappa shape index (κ2) is 11.6. The largest absolute Gasteiger partial charge is 0.359 e. The molecule has 184 valence electrons. The van der Waals surface area contributed by atoms with Gasteiger partial charge in [0.2, 0.25) is 0 Å². The number of halogens is 2. The van der Waals surface area contributed by atoms with E-state index in [0.29, 0.717) is 22.9 Å². The maximum atomic E-state index is 6.66. The van der Waals surface area contributed by atoms with E-state index < -0.39 is 0 Å². The van der Waals surface area contributed by atoms with Crippen LogP contribution in [0.3, 0.4) is 0 Å². The average Bonchev–Trinajstić information content (AvgIpc) is 2.86. The quantitative estimate of drug-likeness (QED) is 0.221. The fourth-order valence-electron chi connectivity index (χ4n) is 4.28. The molecule has 2 aromatic heterocycles. The molecule has 0 saturated heterocycles. The molecule has 0 bridgehead atoms. The summed E-state index contributed by atoms with van der Waals surface area (Å²) in [6, 6.07) is 15.9. The molecule has 2 aromatic carbocycles. The minimum Gasteiger partial charge on any atom is -0.359 e. The molecule has 36 heavy (non-hydrogen) atoms. The first-order valence-corrected chi connectivity index (χ1v) is 12.8. The normalized spacial score (nSPS) is 10.9. The maximum Gasteiger partial charge on any atom is 0.0707 e. The van der Waals surface area contributed by atoms with Gasteiger partial charge in [0, 0.05) is 46.5 Å². The van der Waals surface area contributed by atoms with Crippen molar-refractivity contribution < 1.29 is 0 Å². The van der Waals surface area contributed by atoms with Crippen molar-refractivity contribution in [3.8, 4) is 0 Å². The van der Waals surface area contributed by atoms with E-state index in [9.17, 15) is 0 Å². The molecule has 0 unspecified atom stereocenters. The molecule has 0 spiro atoms. The van der Waals surface area contributed by atoms with E-state index in [0.717, 1.165) is 52.2 Å². The van der Waals surface area contributed by atoms with Crippen LogP contribution in [0.25, 0.3) is 10.9 Å². The molecule has 0 fully saturated rings. The molecule has 0 aliphatic carbocycles. The number of hydrogen-bond donors (Lipinski definition) is 2. The number of aryl methyl sites for hydroxylation is 2. The van der Waals surface area contributed by atoms with Crippen molar-refractivity contribution in [2.45, 2.75) is 39.5 Å². The highest BCUT2D eigenvalue weighted by Gasteiger charge is 2.11. The summed E-state index contributed by atoms with van der Waals surface area (Å²) in [5.41, 5.74) is 9.03. The third-order valence-corrected chi connectivity index (χ3v) is 6.68. The number of nitrogens with zero attached hydrogens (tertiary/aromatic N) is 2. The topological polar surface area (TPSA) is 49.8 Å². The van der Waals surface area contributed by atoms with E-state index in [1.807, 2.05) is 36.5 Å². The van der Waals surface area contributed by atoms with Gasteiger partial charge >= 0.3 is 0 Å². The predicted molar refractivity (Wildman–Crippen MR) is 154 cm³/mol. The molecule has 0 aliphatic rings. The minimum atomic E-state index is 0.546. The summed E-state index contributed by atoms with van der Waals surface area (Å²) in [5, 5.41) is 9.01. The molecule has 4 aromatic rings. The van der Waals surface area contributed by atoms with Gasteiger partial charge in [0.15, 0.2) is 0 Å².